The molecular formula is C24H28F3N7O4S. The van der Waals surface area contributed by atoms with Crippen molar-refractivity contribution >= 4 is 39.2 Å². The Labute approximate surface area is 223 Å². The van der Waals surface area contributed by atoms with E-state index in [0.717, 1.165) is 10.6 Å². The smallest absolute Gasteiger partial charge is 0.394 e. The maximum atomic E-state index is 13.7. The zero-order chi connectivity index (χ0) is 28.8. The summed E-state index contributed by atoms with van der Waals surface area (Å²) in [6, 6.07) is 8.81. The zero-order valence-electron chi connectivity index (χ0n) is 21.3. The third-order valence-electron chi connectivity index (χ3n) is 5.63. The van der Waals surface area contributed by atoms with E-state index < -0.39 is 39.5 Å². The molecule has 0 saturated heterocycles. The quantitative estimate of drug-likeness (QED) is 0.274. The number of sulfonamides is 1. The van der Waals surface area contributed by atoms with Crippen LogP contribution in [0, 0.1) is 0 Å². The Morgan fingerprint density at radius 2 is 1.92 bits per heavy atom. The molecule has 1 aromatic carbocycles. The number of aromatic nitrogens is 3. The summed E-state index contributed by atoms with van der Waals surface area (Å²) in [4.78, 5) is 24.3. The molecule has 0 spiro atoms. The lowest BCUT2D eigenvalue weighted by atomic mass is 10.1. The van der Waals surface area contributed by atoms with Crippen molar-refractivity contribution in [2.75, 3.05) is 34.8 Å². The van der Waals surface area contributed by atoms with E-state index in [-0.39, 0.29) is 30.5 Å². The van der Waals surface area contributed by atoms with Crippen molar-refractivity contribution in [3.05, 3.63) is 65.5 Å². The molecule has 0 unspecified atom stereocenters. The highest BCUT2D eigenvalue weighted by atomic mass is 32.2. The highest BCUT2D eigenvalue weighted by Crippen LogP contribution is 2.34. The molecule has 0 bridgehead atoms. The molecule has 2 aromatic heterocycles. The average Bonchev–Trinajstić information content (AvgIpc) is 2.89. The predicted molar refractivity (Wildman–Crippen MR) is 140 cm³/mol. The molecule has 1 amide bonds. The Kier molecular flexibility index (Phi) is 9.29. The number of nitrogens with zero attached hydrogens (tertiary/aromatic N) is 4. The first-order valence-electron chi connectivity index (χ1n) is 11.7. The molecule has 0 radical (unpaired) electrons. The Balaban J connectivity index is 1.87. The van der Waals surface area contributed by atoms with Crippen molar-refractivity contribution in [1.29, 1.82) is 0 Å². The van der Waals surface area contributed by atoms with Gasteiger partial charge in [0.2, 0.25) is 16.0 Å². The van der Waals surface area contributed by atoms with Gasteiger partial charge in [-0.25, -0.2) is 18.4 Å². The molecule has 2 heterocycles. The lowest BCUT2D eigenvalue weighted by Crippen LogP contribution is -2.36. The van der Waals surface area contributed by atoms with Gasteiger partial charge in [-0.2, -0.15) is 18.2 Å². The number of halogens is 3. The standard InChI is InChI=1S/C24H28F3N7O4S/c1-4-17(14-35)31-22(36)15-7-5-9-18(11-15)32-23-30-13-19(24(25,26)27)20(33-23)29-12-16-8-6-10-28-21(16)34(2)39(3,37)38/h5-11,13,17,35H,4,12,14H2,1-3H3,(H,31,36)(H2,29,30,32,33)/t17-/m1/s1. The molecule has 15 heteroatoms. The van der Waals surface area contributed by atoms with Gasteiger partial charge in [-0.05, 0) is 30.7 Å². The van der Waals surface area contributed by atoms with E-state index in [9.17, 15) is 31.5 Å². The SMILES string of the molecule is CC[C@H](CO)NC(=O)c1cccc(Nc2ncc(C(F)(F)F)c(NCc3cccnc3N(C)S(C)(=O)=O)n2)c1. The maximum absolute atomic E-state index is 13.7. The number of aliphatic hydroxyl groups is 1. The number of carbonyl (C=O) groups excluding carboxylic acids is 1. The highest BCUT2D eigenvalue weighted by Gasteiger charge is 2.35. The van der Waals surface area contributed by atoms with E-state index >= 15 is 0 Å². The minimum Gasteiger partial charge on any atom is -0.394 e. The predicted octanol–water partition coefficient (Wildman–Crippen LogP) is 3.14. The van der Waals surface area contributed by atoms with Crippen LogP contribution < -0.4 is 20.3 Å². The van der Waals surface area contributed by atoms with Crippen molar-refractivity contribution in [2.45, 2.75) is 32.1 Å². The lowest BCUT2D eigenvalue weighted by molar-refractivity contribution is -0.137. The summed E-state index contributed by atoms with van der Waals surface area (Å²) in [6.07, 6.45) is -1.28. The number of hydrogen-bond donors (Lipinski definition) is 4. The minimum absolute atomic E-state index is 0.0510. The fourth-order valence-electron chi connectivity index (χ4n) is 3.38. The van der Waals surface area contributed by atoms with Crippen LogP contribution in [-0.4, -0.2) is 60.3 Å². The third kappa shape index (κ3) is 7.77. The second kappa shape index (κ2) is 12.3. The first-order valence-corrected chi connectivity index (χ1v) is 13.5. The molecular weight excluding hydrogens is 539 g/mol. The summed E-state index contributed by atoms with van der Waals surface area (Å²) < 4.78 is 65.9. The van der Waals surface area contributed by atoms with Gasteiger partial charge >= 0.3 is 6.18 Å². The van der Waals surface area contributed by atoms with Gasteiger partial charge in [0, 0.05) is 42.8 Å². The average molecular weight is 568 g/mol. The summed E-state index contributed by atoms with van der Waals surface area (Å²) in [5.41, 5.74) is -0.206. The molecule has 210 valence electrons. The largest absolute Gasteiger partial charge is 0.421 e. The number of alkyl halides is 3. The maximum Gasteiger partial charge on any atom is 0.421 e. The molecule has 0 aliphatic rings. The first-order chi connectivity index (χ1) is 18.3. The van der Waals surface area contributed by atoms with Crippen LogP contribution in [0.4, 0.5) is 36.4 Å². The van der Waals surface area contributed by atoms with Gasteiger partial charge < -0.3 is 21.1 Å². The van der Waals surface area contributed by atoms with Crippen molar-refractivity contribution in [2.24, 2.45) is 0 Å². The van der Waals surface area contributed by atoms with E-state index in [1.807, 2.05) is 6.92 Å². The van der Waals surface area contributed by atoms with Crippen LogP contribution in [0.5, 0.6) is 0 Å². The summed E-state index contributed by atoms with van der Waals surface area (Å²) in [5, 5.41) is 17.4. The summed E-state index contributed by atoms with van der Waals surface area (Å²) in [6.45, 7) is 1.37. The van der Waals surface area contributed by atoms with Gasteiger partial charge in [0.25, 0.3) is 5.91 Å². The van der Waals surface area contributed by atoms with Crippen molar-refractivity contribution in [1.82, 2.24) is 20.3 Å². The molecule has 3 rings (SSSR count). The van der Waals surface area contributed by atoms with Crippen molar-refractivity contribution in [3.63, 3.8) is 0 Å². The highest BCUT2D eigenvalue weighted by molar-refractivity contribution is 7.92. The Morgan fingerprint density at radius 3 is 2.56 bits per heavy atom. The zero-order valence-corrected chi connectivity index (χ0v) is 22.1. The summed E-state index contributed by atoms with van der Waals surface area (Å²) in [5.74, 6) is -1.10. The van der Waals surface area contributed by atoms with E-state index in [1.54, 1.807) is 18.2 Å². The van der Waals surface area contributed by atoms with E-state index in [0.29, 0.717) is 23.9 Å². The normalized spacial score (nSPS) is 12.5. The van der Waals surface area contributed by atoms with E-state index in [2.05, 4.69) is 30.9 Å². The number of hydrogen-bond acceptors (Lipinski definition) is 9. The number of nitrogens with one attached hydrogen (secondary N) is 3. The Morgan fingerprint density at radius 1 is 1.18 bits per heavy atom. The molecule has 3 aromatic rings. The van der Waals surface area contributed by atoms with Crippen LogP contribution in [-0.2, 0) is 22.7 Å². The topological polar surface area (TPSA) is 149 Å². The number of rotatable bonds is 11. The summed E-state index contributed by atoms with van der Waals surface area (Å²) in [7, 11) is -2.38. The van der Waals surface area contributed by atoms with Gasteiger partial charge in [0.05, 0.1) is 18.9 Å². The van der Waals surface area contributed by atoms with Gasteiger partial charge in [0.1, 0.15) is 17.2 Å². The molecule has 0 fully saturated rings. The number of carbonyl (C=O) groups is 1. The number of pyridine rings is 1. The summed E-state index contributed by atoms with van der Waals surface area (Å²) >= 11 is 0. The van der Waals surface area contributed by atoms with Crippen LogP contribution in [0.1, 0.15) is 34.8 Å². The van der Waals surface area contributed by atoms with Gasteiger partial charge in [-0.1, -0.05) is 19.1 Å². The van der Waals surface area contributed by atoms with Crippen LogP contribution in [0.3, 0.4) is 0 Å². The second-order valence-electron chi connectivity index (χ2n) is 8.49. The molecule has 0 aliphatic heterocycles. The van der Waals surface area contributed by atoms with Gasteiger partial charge in [-0.15, -0.1) is 0 Å². The van der Waals surface area contributed by atoms with E-state index in [4.69, 9.17) is 0 Å². The molecule has 4 N–H and O–H groups in total. The lowest BCUT2D eigenvalue weighted by Gasteiger charge is -2.20. The van der Waals surface area contributed by atoms with Crippen molar-refractivity contribution < 1.29 is 31.5 Å². The fourth-order valence-corrected chi connectivity index (χ4v) is 3.86. The van der Waals surface area contributed by atoms with Gasteiger partial charge in [-0.3, -0.25) is 9.10 Å². The van der Waals surface area contributed by atoms with E-state index in [1.165, 1.54) is 31.4 Å². The second-order valence-corrected chi connectivity index (χ2v) is 10.5. The monoisotopic (exact) mass is 567 g/mol. The number of aliphatic hydroxyl groups excluding tert-OH is 1. The molecule has 1 atom stereocenters. The minimum atomic E-state index is -4.78. The number of anilines is 4. The number of benzene rings is 1. The molecule has 0 aliphatic carbocycles. The molecule has 11 nitrogen and oxygen atoms in total. The fraction of sp³-hybridized carbons (Fsp3) is 0.333. The molecule has 0 saturated carbocycles. The first kappa shape index (κ1) is 29.6. The van der Waals surface area contributed by atoms with Crippen LogP contribution >= 0.6 is 0 Å². The number of amides is 1. The third-order valence-corrected chi connectivity index (χ3v) is 6.80. The van der Waals surface area contributed by atoms with Crippen LogP contribution in [0.2, 0.25) is 0 Å². The van der Waals surface area contributed by atoms with Crippen LogP contribution in [0.25, 0.3) is 0 Å². The van der Waals surface area contributed by atoms with Crippen LogP contribution in [0.15, 0.2) is 48.8 Å². The van der Waals surface area contributed by atoms with Gasteiger partial charge in [0.15, 0.2) is 0 Å². The Bertz CT molecular complexity index is 1420. The molecule has 39 heavy (non-hydrogen) atoms. The Hall–Kier alpha value is -3.98. The van der Waals surface area contributed by atoms with Crippen molar-refractivity contribution in [3.8, 4) is 0 Å².